The molecule has 7 rings (SSSR count). The smallest absolute Gasteiger partial charge is 0.408 e. The van der Waals surface area contributed by atoms with E-state index < -0.39 is 74.3 Å². The number of sulfonamides is 1. The second kappa shape index (κ2) is 16.9. The number of carbonyl (C=O) groups excluding carboxylic acids is 4. The highest BCUT2D eigenvalue weighted by Crippen LogP contribution is 2.46. The van der Waals surface area contributed by atoms with Crippen molar-refractivity contribution >= 4 is 50.3 Å². The van der Waals surface area contributed by atoms with Crippen LogP contribution in [-0.4, -0.2) is 104 Å². The fourth-order valence-corrected chi connectivity index (χ4v) is 9.32. The van der Waals surface area contributed by atoms with Crippen molar-refractivity contribution in [1.82, 2.24) is 25.2 Å². The molecule has 2 saturated carbocycles. The van der Waals surface area contributed by atoms with E-state index in [1.54, 1.807) is 33.9 Å². The summed E-state index contributed by atoms with van der Waals surface area (Å²) < 4.78 is 45.9. The number of pyridine rings is 1. The van der Waals surface area contributed by atoms with Gasteiger partial charge in [-0.25, -0.2) is 18.2 Å². The molecule has 16 heteroatoms. The summed E-state index contributed by atoms with van der Waals surface area (Å²) in [6.45, 7) is 5.16. The molecule has 3 fully saturated rings. The lowest BCUT2D eigenvalue weighted by atomic mass is 10.0. The minimum atomic E-state index is -3.91. The van der Waals surface area contributed by atoms with Gasteiger partial charge in [-0.3, -0.25) is 19.1 Å². The molecule has 3 N–H and O–H groups in total. The zero-order valence-corrected chi connectivity index (χ0v) is 36.0. The lowest BCUT2D eigenvalue weighted by Crippen LogP contribution is -2.58. The summed E-state index contributed by atoms with van der Waals surface area (Å²) in [6, 6.07) is 13.3. The van der Waals surface area contributed by atoms with Crippen LogP contribution in [0.25, 0.3) is 22.0 Å². The van der Waals surface area contributed by atoms with Crippen molar-refractivity contribution in [3.05, 3.63) is 60.7 Å². The third-order valence-corrected chi connectivity index (χ3v) is 13.3. The van der Waals surface area contributed by atoms with Gasteiger partial charge in [-0.1, -0.05) is 37.1 Å². The second-order valence-electron chi connectivity index (χ2n) is 17.5. The van der Waals surface area contributed by atoms with Gasteiger partial charge >= 0.3 is 6.09 Å². The Morgan fingerprint density at radius 2 is 1.75 bits per heavy atom. The van der Waals surface area contributed by atoms with E-state index in [0.717, 1.165) is 29.5 Å². The summed E-state index contributed by atoms with van der Waals surface area (Å²) >= 11 is 0. The van der Waals surface area contributed by atoms with Crippen molar-refractivity contribution in [1.29, 1.82) is 0 Å². The number of ether oxygens (including phenoxy) is 3. The molecule has 15 nitrogen and oxygen atoms in total. The molecular formula is C44H56N6O9S. The van der Waals surface area contributed by atoms with Crippen molar-refractivity contribution in [3.8, 4) is 22.9 Å². The number of alkyl carbamates (subject to hydrolysis) is 1. The number of benzene rings is 2. The molecule has 1 saturated heterocycles. The van der Waals surface area contributed by atoms with E-state index in [-0.39, 0.29) is 19.4 Å². The third kappa shape index (κ3) is 9.64. The number of hydrogen-bond donors (Lipinski definition) is 3. The zero-order valence-electron chi connectivity index (χ0n) is 35.2. The van der Waals surface area contributed by atoms with E-state index in [2.05, 4.69) is 15.4 Å². The molecule has 0 radical (unpaired) electrons. The highest BCUT2D eigenvalue weighted by atomic mass is 32.2. The number of fused-ring (bicyclic) bond motifs is 3. The van der Waals surface area contributed by atoms with Crippen LogP contribution in [0.5, 0.6) is 11.6 Å². The molecular weight excluding hydrogens is 789 g/mol. The standard InChI is InChI=1S/C44H56N6O9S/c1-43(2,3)59-42(54)46-35-13-11-9-7-8-10-12-29-25-44(29,41(53)48-60(55,56)33-19-20-33)47-38(51)37-24-32(26-50(37)40(35)52)58-39-34-21-18-31(57-6)22-28(34)23-36(45-39)27-14-16-30(17-15-27)49(4)5/h10,12,14-18,21-23,29,32-33,35,37H,7-9,11,13,19-20,24-26H2,1-6H3,(H,46,54)(H,47,51)(H,48,53)/b12-10-/t29-,32?,35+,37+,44-/m1/s1. The Morgan fingerprint density at radius 3 is 2.43 bits per heavy atom. The lowest BCUT2D eigenvalue weighted by Gasteiger charge is -2.30. The number of allylic oxidation sites excluding steroid dienone is 1. The van der Waals surface area contributed by atoms with Gasteiger partial charge in [0.1, 0.15) is 35.1 Å². The minimum absolute atomic E-state index is 0.0242. The van der Waals surface area contributed by atoms with Gasteiger partial charge in [0.15, 0.2) is 0 Å². The molecule has 1 unspecified atom stereocenters. The first-order chi connectivity index (χ1) is 28.5. The van der Waals surface area contributed by atoms with Gasteiger partial charge in [0.25, 0.3) is 5.91 Å². The van der Waals surface area contributed by atoms with Crippen LogP contribution in [0, 0.1) is 5.92 Å². The minimum Gasteiger partial charge on any atom is -0.497 e. The van der Waals surface area contributed by atoms with Crippen LogP contribution in [0.3, 0.4) is 0 Å². The number of aromatic nitrogens is 1. The summed E-state index contributed by atoms with van der Waals surface area (Å²) in [4.78, 5) is 64.6. The van der Waals surface area contributed by atoms with Crippen LogP contribution >= 0.6 is 0 Å². The average molecular weight is 845 g/mol. The van der Waals surface area contributed by atoms with Crippen LogP contribution in [0.2, 0.25) is 0 Å². The summed E-state index contributed by atoms with van der Waals surface area (Å²) in [5.74, 6) is -1.44. The number of amides is 4. The van der Waals surface area contributed by atoms with Gasteiger partial charge in [-0.15, -0.1) is 0 Å². The van der Waals surface area contributed by atoms with Gasteiger partial charge in [0.2, 0.25) is 27.7 Å². The summed E-state index contributed by atoms with van der Waals surface area (Å²) in [5, 5.41) is 6.53. The molecule has 3 aromatic rings. The Morgan fingerprint density at radius 1 is 1.00 bits per heavy atom. The second-order valence-corrected chi connectivity index (χ2v) is 19.5. The van der Waals surface area contributed by atoms with E-state index >= 15 is 0 Å². The van der Waals surface area contributed by atoms with Gasteiger partial charge in [0, 0.05) is 43.1 Å². The molecule has 322 valence electrons. The maximum atomic E-state index is 14.7. The number of nitrogens with zero attached hydrogens (tertiary/aromatic N) is 3. The topological polar surface area (TPSA) is 186 Å². The maximum Gasteiger partial charge on any atom is 0.408 e. The number of anilines is 1. The Labute approximate surface area is 351 Å². The van der Waals surface area contributed by atoms with Crippen LogP contribution in [0.4, 0.5) is 10.5 Å². The molecule has 3 heterocycles. The van der Waals surface area contributed by atoms with Crippen molar-refractivity contribution in [2.45, 2.75) is 113 Å². The normalized spacial score (nSPS) is 25.4. The molecule has 0 bridgehead atoms. The van der Waals surface area contributed by atoms with E-state index in [4.69, 9.17) is 19.2 Å². The van der Waals surface area contributed by atoms with Crippen molar-refractivity contribution < 1.29 is 41.8 Å². The lowest BCUT2D eigenvalue weighted by molar-refractivity contribution is -0.141. The molecule has 2 aliphatic carbocycles. The van der Waals surface area contributed by atoms with Gasteiger partial charge in [-0.2, -0.15) is 0 Å². The molecule has 0 spiro atoms. The molecule has 2 aromatic carbocycles. The molecule has 5 atom stereocenters. The molecule has 1 aromatic heterocycles. The van der Waals surface area contributed by atoms with Crippen LogP contribution in [-0.2, 0) is 29.1 Å². The molecule has 2 aliphatic heterocycles. The number of hydrogen-bond acceptors (Lipinski definition) is 11. The highest BCUT2D eigenvalue weighted by molar-refractivity contribution is 7.91. The summed E-state index contributed by atoms with van der Waals surface area (Å²) in [7, 11) is 1.61. The fraction of sp³-hybridized carbons (Fsp3) is 0.523. The SMILES string of the molecule is COc1ccc2c(OC3C[C@H]4C(=O)N[C@]5(C(=O)NS(=O)(=O)C6CC6)C[C@H]5/C=C\CCCCC[C@H](NC(=O)OC(C)(C)C)C(=O)N4C3)nc(-c3ccc(N(C)C)cc3)cc2c1. The number of nitrogens with one attached hydrogen (secondary N) is 3. The van der Waals surface area contributed by atoms with E-state index in [0.29, 0.717) is 54.8 Å². The maximum absolute atomic E-state index is 14.7. The molecule has 4 aliphatic rings. The fourth-order valence-electron chi connectivity index (χ4n) is 7.95. The Kier molecular flexibility index (Phi) is 12.1. The van der Waals surface area contributed by atoms with Crippen LogP contribution in [0.1, 0.15) is 78.6 Å². The number of methoxy groups -OCH3 is 1. The number of carbonyl (C=O) groups is 4. The van der Waals surface area contributed by atoms with Gasteiger partial charge in [0.05, 0.1) is 24.6 Å². The quantitative estimate of drug-likeness (QED) is 0.240. The highest BCUT2D eigenvalue weighted by Gasteiger charge is 2.62. The predicted molar refractivity (Wildman–Crippen MR) is 227 cm³/mol. The van der Waals surface area contributed by atoms with Crippen molar-refractivity contribution in [2.24, 2.45) is 5.92 Å². The summed E-state index contributed by atoms with van der Waals surface area (Å²) in [6.07, 6.45) is 6.61. The Hall–Kier alpha value is -5.38. The zero-order chi connectivity index (χ0) is 43.0. The average Bonchev–Trinajstić information content (AvgIpc) is 4.12. The Bertz CT molecular complexity index is 2270. The monoisotopic (exact) mass is 844 g/mol. The van der Waals surface area contributed by atoms with Gasteiger partial charge < -0.3 is 34.6 Å². The first-order valence-electron chi connectivity index (χ1n) is 20.7. The van der Waals surface area contributed by atoms with Crippen molar-refractivity contribution in [3.63, 3.8) is 0 Å². The number of rotatable bonds is 9. The molecule has 60 heavy (non-hydrogen) atoms. The van der Waals surface area contributed by atoms with Crippen LogP contribution in [0.15, 0.2) is 60.7 Å². The summed E-state index contributed by atoms with van der Waals surface area (Å²) in [5.41, 5.74) is 0.165. The first kappa shape index (κ1) is 42.7. The predicted octanol–water partition coefficient (Wildman–Crippen LogP) is 5.22. The van der Waals surface area contributed by atoms with Crippen molar-refractivity contribution in [2.75, 3.05) is 32.6 Å². The largest absolute Gasteiger partial charge is 0.497 e. The Balaban J connectivity index is 1.23. The van der Waals surface area contributed by atoms with Crippen LogP contribution < -0.4 is 29.7 Å². The third-order valence-electron chi connectivity index (χ3n) is 11.5. The van der Waals surface area contributed by atoms with E-state index in [1.165, 1.54) is 4.90 Å². The van der Waals surface area contributed by atoms with E-state index in [1.807, 2.05) is 73.6 Å². The van der Waals surface area contributed by atoms with E-state index in [9.17, 15) is 27.6 Å². The van der Waals surface area contributed by atoms with Gasteiger partial charge in [-0.05, 0) is 101 Å². The first-order valence-corrected chi connectivity index (χ1v) is 22.3. The molecule has 4 amide bonds.